The second-order valence-electron chi connectivity index (χ2n) is 8.91. The Bertz CT molecular complexity index is 1180. The lowest BCUT2D eigenvalue weighted by atomic mass is 9.96. The van der Waals surface area contributed by atoms with E-state index >= 15 is 0 Å². The van der Waals surface area contributed by atoms with Crippen LogP contribution < -0.4 is 14.2 Å². The van der Waals surface area contributed by atoms with E-state index in [4.69, 9.17) is 19.3 Å². The van der Waals surface area contributed by atoms with E-state index in [9.17, 15) is 0 Å². The molecule has 34 heavy (non-hydrogen) atoms. The van der Waals surface area contributed by atoms with Crippen molar-refractivity contribution in [3.8, 4) is 17.2 Å². The van der Waals surface area contributed by atoms with Gasteiger partial charge in [-0.2, -0.15) is 5.10 Å². The Balaban J connectivity index is 1.47. The molecule has 5 nitrogen and oxygen atoms in total. The van der Waals surface area contributed by atoms with E-state index in [0.29, 0.717) is 6.61 Å². The fourth-order valence-corrected chi connectivity index (χ4v) is 4.78. The molecule has 2 heterocycles. The second kappa shape index (κ2) is 9.71. The molecule has 0 saturated carbocycles. The molecular weight excluding hydrogens is 492 g/mol. The highest BCUT2D eigenvalue weighted by molar-refractivity contribution is 9.10. The first-order valence-corrected chi connectivity index (χ1v) is 12.6. The van der Waals surface area contributed by atoms with Crippen molar-refractivity contribution in [2.75, 3.05) is 6.61 Å². The SMILES string of the molecule is CCCOc1ccc(C2Oc3ccc(Br)cc3C3CC(c4ccc(OC(C)C)cc4)=NN32)cc1. The summed E-state index contributed by atoms with van der Waals surface area (Å²) in [5, 5.41) is 7.17. The van der Waals surface area contributed by atoms with Crippen LogP contribution in [0, 0.1) is 0 Å². The van der Waals surface area contributed by atoms with Crippen molar-refractivity contribution < 1.29 is 14.2 Å². The lowest BCUT2D eigenvalue weighted by Crippen LogP contribution is -2.33. The van der Waals surface area contributed by atoms with Gasteiger partial charge >= 0.3 is 0 Å². The van der Waals surface area contributed by atoms with Crippen LogP contribution in [0.4, 0.5) is 0 Å². The minimum Gasteiger partial charge on any atom is -0.494 e. The van der Waals surface area contributed by atoms with Gasteiger partial charge in [0.15, 0.2) is 0 Å². The average molecular weight is 521 g/mol. The third-order valence-corrected chi connectivity index (χ3v) is 6.44. The molecular formula is C28H29BrN2O3. The summed E-state index contributed by atoms with van der Waals surface area (Å²) in [6.45, 7) is 6.88. The van der Waals surface area contributed by atoms with Crippen LogP contribution in [0.5, 0.6) is 17.2 Å². The smallest absolute Gasteiger partial charge is 0.213 e. The van der Waals surface area contributed by atoms with Gasteiger partial charge in [-0.1, -0.05) is 22.9 Å². The zero-order valence-electron chi connectivity index (χ0n) is 19.7. The van der Waals surface area contributed by atoms with Gasteiger partial charge < -0.3 is 14.2 Å². The monoisotopic (exact) mass is 520 g/mol. The van der Waals surface area contributed by atoms with Gasteiger partial charge in [-0.15, -0.1) is 0 Å². The largest absolute Gasteiger partial charge is 0.494 e. The molecule has 0 N–H and O–H groups in total. The summed E-state index contributed by atoms with van der Waals surface area (Å²) >= 11 is 3.62. The number of ether oxygens (including phenoxy) is 3. The van der Waals surface area contributed by atoms with Crippen molar-refractivity contribution in [2.24, 2.45) is 5.10 Å². The minimum atomic E-state index is -0.306. The maximum Gasteiger partial charge on any atom is 0.213 e. The predicted octanol–water partition coefficient (Wildman–Crippen LogP) is 7.27. The van der Waals surface area contributed by atoms with E-state index in [1.165, 1.54) is 0 Å². The van der Waals surface area contributed by atoms with E-state index < -0.39 is 0 Å². The Labute approximate surface area is 209 Å². The third-order valence-electron chi connectivity index (χ3n) is 5.95. The summed E-state index contributed by atoms with van der Waals surface area (Å²) in [5.74, 6) is 2.64. The average Bonchev–Trinajstić information content (AvgIpc) is 3.29. The van der Waals surface area contributed by atoms with Crippen molar-refractivity contribution >= 4 is 21.6 Å². The fraction of sp³-hybridized carbons (Fsp3) is 0.321. The molecule has 0 aliphatic carbocycles. The molecule has 2 unspecified atom stereocenters. The van der Waals surface area contributed by atoms with E-state index in [1.54, 1.807) is 0 Å². The van der Waals surface area contributed by atoms with E-state index in [1.807, 2.05) is 50.2 Å². The van der Waals surface area contributed by atoms with Gasteiger partial charge in [-0.3, -0.25) is 0 Å². The second-order valence-corrected chi connectivity index (χ2v) is 9.82. The van der Waals surface area contributed by atoms with Crippen LogP contribution in [-0.2, 0) is 0 Å². The van der Waals surface area contributed by atoms with Gasteiger partial charge in [-0.25, -0.2) is 5.01 Å². The van der Waals surface area contributed by atoms with Crippen LogP contribution in [0.1, 0.15) is 62.6 Å². The maximum atomic E-state index is 6.49. The van der Waals surface area contributed by atoms with Crippen LogP contribution in [0.15, 0.2) is 76.3 Å². The highest BCUT2D eigenvalue weighted by Crippen LogP contribution is 2.48. The number of rotatable bonds is 7. The van der Waals surface area contributed by atoms with E-state index in [2.05, 4.69) is 58.2 Å². The molecule has 5 rings (SSSR count). The molecule has 0 amide bonds. The molecule has 2 aliphatic heterocycles. The van der Waals surface area contributed by atoms with Gasteiger partial charge in [0.2, 0.25) is 6.23 Å². The van der Waals surface area contributed by atoms with Gasteiger partial charge in [0.05, 0.1) is 24.5 Å². The van der Waals surface area contributed by atoms with Crippen LogP contribution in [0.2, 0.25) is 0 Å². The van der Waals surface area contributed by atoms with Crippen molar-refractivity contribution in [1.29, 1.82) is 0 Å². The molecule has 0 fully saturated rings. The summed E-state index contributed by atoms with van der Waals surface area (Å²) < 4.78 is 19.1. The van der Waals surface area contributed by atoms with Crippen LogP contribution in [0.3, 0.4) is 0 Å². The van der Waals surface area contributed by atoms with Gasteiger partial charge in [0.1, 0.15) is 17.2 Å². The number of fused-ring (bicyclic) bond motifs is 3. The van der Waals surface area contributed by atoms with Gasteiger partial charge in [0.25, 0.3) is 0 Å². The Kier molecular flexibility index (Phi) is 6.50. The van der Waals surface area contributed by atoms with Gasteiger partial charge in [0, 0.05) is 22.0 Å². The Morgan fingerprint density at radius 3 is 2.47 bits per heavy atom. The van der Waals surface area contributed by atoms with Crippen molar-refractivity contribution in [3.05, 3.63) is 87.9 Å². The lowest BCUT2D eigenvalue weighted by molar-refractivity contribution is -0.0191. The topological polar surface area (TPSA) is 43.3 Å². The number of benzene rings is 3. The van der Waals surface area contributed by atoms with Crippen LogP contribution in [-0.4, -0.2) is 23.4 Å². The highest BCUT2D eigenvalue weighted by Gasteiger charge is 2.41. The third kappa shape index (κ3) is 4.64. The Morgan fingerprint density at radius 2 is 1.76 bits per heavy atom. The molecule has 2 atom stereocenters. The van der Waals surface area contributed by atoms with Crippen LogP contribution >= 0.6 is 15.9 Å². The van der Waals surface area contributed by atoms with Crippen LogP contribution in [0.25, 0.3) is 0 Å². The normalized spacial score (nSPS) is 18.7. The van der Waals surface area contributed by atoms with E-state index in [-0.39, 0.29) is 18.4 Å². The number of hydrazone groups is 1. The van der Waals surface area contributed by atoms with Crippen molar-refractivity contribution in [1.82, 2.24) is 5.01 Å². The van der Waals surface area contributed by atoms with Gasteiger partial charge in [-0.05, 0) is 92.6 Å². The first kappa shape index (κ1) is 22.8. The maximum absolute atomic E-state index is 6.49. The molecule has 2 aliphatic rings. The number of halogens is 1. The molecule has 176 valence electrons. The molecule has 0 saturated heterocycles. The molecule has 0 spiro atoms. The predicted molar refractivity (Wildman–Crippen MR) is 138 cm³/mol. The number of hydrogen-bond acceptors (Lipinski definition) is 5. The quantitative estimate of drug-likeness (QED) is 0.328. The zero-order valence-corrected chi connectivity index (χ0v) is 21.3. The summed E-state index contributed by atoms with van der Waals surface area (Å²) in [7, 11) is 0. The van der Waals surface area contributed by atoms with Crippen molar-refractivity contribution in [3.63, 3.8) is 0 Å². The Hall–Kier alpha value is -2.99. The highest BCUT2D eigenvalue weighted by atomic mass is 79.9. The Morgan fingerprint density at radius 1 is 1.03 bits per heavy atom. The summed E-state index contributed by atoms with van der Waals surface area (Å²) in [6, 6.07) is 22.7. The molecule has 0 radical (unpaired) electrons. The van der Waals surface area contributed by atoms with E-state index in [0.717, 1.165) is 57.0 Å². The molecule has 3 aromatic carbocycles. The minimum absolute atomic E-state index is 0.101. The standard InChI is InChI=1S/C28H29BrN2O3/c1-4-15-32-22-10-7-20(8-11-22)28-31-26(24-16-21(29)9-14-27(24)34-28)17-25(30-31)19-5-12-23(13-6-19)33-18(2)3/h5-14,16,18,26,28H,4,15,17H2,1-3H3. The molecule has 0 bridgehead atoms. The summed E-state index contributed by atoms with van der Waals surface area (Å²) in [6.07, 6.45) is 1.64. The molecule has 6 heteroatoms. The number of nitrogens with zero attached hydrogens (tertiary/aromatic N) is 2. The summed E-state index contributed by atoms with van der Waals surface area (Å²) in [4.78, 5) is 0. The number of hydrogen-bond donors (Lipinski definition) is 0. The van der Waals surface area contributed by atoms with Crippen molar-refractivity contribution in [2.45, 2.75) is 52.0 Å². The zero-order chi connectivity index (χ0) is 23.7. The fourth-order valence-electron chi connectivity index (χ4n) is 4.40. The first-order chi connectivity index (χ1) is 16.5. The lowest BCUT2D eigenvalue weighted by Gasteiger charge is -2.38. The molecule has 0 aromatic heterocycles. The summed E-state index contributed by atoms with van der Waals surface area (Å²) in [5.41, 5.74) is 4.34. The molecule has 3 aromatic rings. The first-order valence-electron chi connectivity index (χ1n) is 11.8.